The highest BCUT2D eigenvalue weighted by Gasteiger charge is 2.15. The Morgan fingerprint density at radius 3 is 2.50 bits per heavy atom. The normalized spacial score (nSPS) is 10.5. The van der Waals surface area contributed by atoms with Crippen LogP contribution in [0.25, 0.3) is 10.9 Å². The monoisotopic (exact) mass is 369 g/mol. The van der Waals surface area contributed by atoms with Crippen molar-refractivity contribution in [2.75, 3.05) is 12.4 Å². The maximum atomic E-state index is 12.5. The van der Waals surface area contributed by atoms with Crippen molar-refractivity contribution in [3.05, 3.63) is 75.5 Å². The largest absolute Gasteiger partial charge is 0.355 e. The van der Waals surface area contributed by atoms with Crippen LogP contribution in [0.3, 0.4) is 0 Å². The highest BCUT2D eigenvalue weighted by Crippen LogP contribution is 2.21. The highest BCUT2D eigenvalue weighted by molar-refractivity contribution is 6.33. The molecule has 7 heteroatoms. The topological polar surface area (TPSA) is 80.2 Å². The molecule has 0 spiro atoms. The lowest BCUT2D eigenvalue weighted by Crippen LogP contribution is -2.30. The number of fused-ring (bicyclic) bond motifs is 1. The number of nitrogens with zero attached hydrogens (tertiary/aromatic N) is 1. The van der Waals surface area contributed by atoms with Gasteiger partial charge >= 0.3 is 0 Å². The number of carbonyl (C=O) groups excluding carboxylic acids is 2. The number of halogens is 1. The molecule has 1 aromatic heterocycles. The van der Waals surface area contributed by atoms with E-state index in [1.165, 1.54) is 17.7 Å². The molecular formula is C19H16ClN3O3. The second-order valence-corrected chi connectivity index (χ2v) is 6.01. The molecule has 0 aliphatic carbocycles. The fourth-order valence-corrected chi connectivity index (χ4v) is 2.90. The summed E-state index contributed by atoms with van der Waals surface area (Å²) in [5, 5.41) is 6.21. The van der Waals surface area contributed by atoms with E-state index in [-0.39, 0.29) is 18.0 Å². The van der Waals surface area contributed by atoms with Gasteiger partial charge in [-0.3, -0.25) is 19.0 Å². The van der Waals surface area contributed by atoms with Gasteiger partial charge in [-0.1, -0.05) is 41.9 Å². The zero-order valence-electron chi connectivity index (χ0n) is 14.0. The number of aromatic nitrogens is 1. The summed E-state index contributed by atoms with van der Waals surface area (Å²) in [6.45, 7) is -0.196. The quantitative estimate of drug-likeness (QED) is 0.742. The molecule has 0 atom stereocenters. The van der Waals surface area contributed by atoms with E-state index in [9.17, 15) is 14.4 Å². The lowest BCUT2D eigenvalue weighted by molar-refractivity contribution is -0.116. The van der Waals surface area contributed by atoms with Gasteiger partial charge in [-0.05, 0) is 18.2 Å². The van der Waals surface area contributed by atoms with Crippen LogP contribution in [0.5, 0.6) is 0 Å². The standard InChI is InChI=1S/C19H16ClN3O3/c1-21-19(26)13-10-18(25)23(16-9-5-2-6-12(13)16)11-17(24)22-15-8-4-3-7-14(15)20/h2-10H,11H2,1H3,(H,21,26)(H,22,24). The molecule has 0 saturated carbocycles. The van der Waals surface area contributed by atoms with Crippen LogP contribution in [-0.2, 0) is 11.3 Å². The van der Waals surface area contributed by atoms with Crippen LogP contribution in [0.2, 0.25) is 5.02 Å². The molecule has 0 saturated heterocycles. The number of amides is 2. The Bertz CT molecular complexity index is 1060. The molecular weight excluding hydrogens is 354 g/mol. The fraction of sp³-hybridized carbons (Fsp3) is 0.105. The summed E-state index contributed by atoms with van der Waals surface area (Å²) >= 11 is 6.04. The van der Waals surface area contributed by atoms with Gasteiger partial charge < -0.3 is 10.6 Å². The van der Waals surface area contributed by atoms with E-state index >= 15 is 0 Å². The molecule has 132 valence electrons. The van der Waals surface area contributed by atoms with Crippen molar-refractivity contribution in [1.29, 1.82) is 0 Å². The molecule has 2 amide bonds. The first-order valence-corrected chi connectivity index (χ1v) is 8.28. The fourth-order valence-electron chi connectivity index (χ4n) is 2.72. The van der Waals surface area contributed by atoms with Gasteiger partial charge in [-0.15, -0.1) is 0 Å². The number of anilines is 1. The SMILES string of the molecule is CNC(=O)c1cc(=O)n(CC(=O)Nc2ccccc2Cl)c2ccccc12. The van der Waals surface area contributed by atoms with Gasteiger partial charge in [0.05, 0.1) is 21.8 Å². The summed E-state index contributed by atoms with van der Waals surface area (Å²) in [5.41, 5.74) is 0.818. The minimum absolute atomic E-state index is 0.196. The predicted octanol–water partition coefficient (Wildman–Crippen LogP) is 2.65. The average Bonchev–Trinajstić information content (AvgIpc) is 2.65. The first-order chi connectivity index (χ1) is 12.5. The van der Waals surface area contributed by atoms with Crippen LogP contribution < -0.4 is 16.2 Å². The third-order valence-electron chi connectivity index (χ3n) is 3.94. The average molecular weight is 370 g/mol. The third-order valence-corrected chi connectivity index (χ3v) is 4.27. The maximum absolute atomic E-state index is 12.5. The molecule has 3 aromatic rings. The van der Waals surface area contributed by atoms with Crippen LogP contribution in [0.4, 0.5) is 5.69 Å². The lowest BCUT2D eigenvalue weighted by atomic mass is 10.1. The van der Waals surface area contributed by atoms with Gasteiger partial charge in [-0.2, -0.15) is 0 Å². The van der Waals surface area contributed by atoms with Crippen molar-refractivity contribution in [3.8, 4) is 0 Å². The number of hydrogen-bond donors (Lipinski definition) is 2. The van der Waals surface area contributed by atoms with Crippen LogP contribution in [0.1, 0.15) is 10.4 Å². The van der Waals surface area contributed by atoms with Crippen molar-refractivity contribution >= 4 is 40.0 Å². The molecule has 1 heterocycles. The van der Waals surface area contributed by atoms with Crippen molar-refractivity contribution < 1.29 is 9.59 Å². The van der Waals surface area contributed by atoms with Crippen molar-refractivity contribution in [2.24, 2.45) is 0 Å². The minimum Gasteiger partial charge on any atom is -0.355 e. The van der Waals surface area contributed by atoms with E-state index in [4.69, 9.17) is 11.6 Å². The van der Waals surface area contributed by atoms with Crippen molar-refractivity contribution in [2.45, 2.75) is 6.54 Å². The number of para-hydroxylation sites is 2. The van der Waals surface area contributed by atoms with Gasteiger partial charge in [0.25, 0.3) is 11.5 Å². The van der Waals surface area contributed by atoms with Crippen molar-refractivity contribution in [1.82, 2.24) is 9.88 Å². The number of rotatable bonds is 4. The van der Waals surface area contributed by atoms with E-state index in [1.54, 1.807) is 48.5 Å². The molecule has 0 aliphatic heterocycles. The van der Waals surface area contributed by atoms with E-state index in [0.29, 0.717) is 21.6 Å². The maximum Gasteiger partial charge on any atom is 0.252 e. The first-order valence-electron chi connectivity index (χ1n) is 7.90. The number of hydrogen-bond acceptors (Lipinski definition) is 3. The van der Waals surface area contributed by atoms with Gasteiger partial charge in [0, 0.05) is 18.5 Å². The van der Waals surface area contributed by atoms with Gasteiger partial charge in [0.1, 0.15) is 6.54 Å². The third kappa shape index (κ3) is 3.45. The van der Waals surface area contributed by atoms with Crippen LogP contribution in [0.15, 0.2) is 59.4 Å². The Balaban J connectivity index is 1.99. The van der Waals surface area contributed by atoms with Crippen molar-refractivity contribution in [3.63, 3.8) is 0 Å². The van der Waals surface area contributed by atoms with Crippen LogP contribution in [-0.4, -0.2) is 23.4 Å². The van der Waals surface area contributed by atoms with E-state index in [1.807, 2.05) is 0 Å². The molecule has 6 nitrogen and oxygen atoms in total. The number of pyridine rings is 1. The summed E-state index contributed by atoms with van der Waals surface area (Å²) in [4.78, 5) is 36.9. The molecule has 0 bridgehead atoms. The Hall–Kier alpha value is -3.12. The van der Waals surface area contributed by atoms with Crippen LogP contribution in [0, 0.1) is 0 Å². The van der Waals surface area contributed by atoms with Gasteiger partial charge in [-0.25, -0.2) is 0 Å². The molecule has 2 N–H and O–H groups in total. The van der Waals surface area contributed by atoms with E-state index < -0.39 is 11.5 Å². The Kier molecular flexibility index (Phi) is 5.04. The lowest BCUT2D eigenvalue weighted by Gasteiger charge is -2.13. The summed E-state index contributed by atoms with van der Waals surface area (Å²) in [7, 11) is 1.50. The Labute approximate surface area is 154 Å². The van der Waals surface area contributed by atoms with Crippen LogP contribution >= 0.6 is 11.6 Å². The smallest absolute Gasteiger partial charge is 0.252 e. The summed E-state index contributed by atoms with van der Waals surface area (Å²) in [5.74, 6) is -0.746. The molecule has 0 fully saturated rings. The molecule has 26 heavy (non-hydrogen) atoms. The molecule has 0 unspecified atom stereocenters. The predicted molar refractivity (Wildman–Crippen MR) is 102 cm³/mol. The molecule has 2 aromatic carbocycles. The van der Waals surface area contributed by atoms with E-state index in [0.717, 1.165) is 0 Å². The second kappa shape index (κ2) is 7.41. The zero-order valence-corrected chi connectivity index (χ0v) is 14.7. The zero-order chi connectivity index (χ0) is 18.7. The Morgan fingerprint density at radius 2 is 1.77 bits per heavy atom. The number of carbonyl (C=O) groups is 2. The van der Waals surface area contributed by atoms with E-state index in [2.05, 4.69) is 10.6 Å². The molecule has 3 rings (SSSR count). The summed E-state index contributed by atoms with van der Waals surface area (Å²) in [6, 6.07) is 15.0. The molecule has 0 radical (unpaired) electrons. The highest BCUT2D eigenvalue weighted by atomic mass is 35.5. The van der Waals surface area contributed by atoms with Gasteiger partial charge in [0.2, 0.25) is 5.91 Å². The summed E-state index contributed by atoms with van der Waals surface area (Å²) in [6.07, 6.45) is 0. The van der Waals surface area contributed by atoms with Gasteiger partial charge in [0.15, 0.2) is 0 Å². The molecule has 0 aliphatic rings. The number of benzene rings is 2. The minimum atomic E-state index is -0.434. The Morgan fingerprint density at radius 1 is 1.08 bits per heavy atom. The first kappa shape index (κ1) is 17.7. The second-order valence-electron chi connectivity index (χ2n) is 5.61. The summed E-state index contributed by atoms with van der Waals surface area (Å²) < 4.78 is 1.33. The number of nitrogens with one attached hydrogen (secondary N) is 2.